The molecule has 0 amide bonds. The summed E-state index contributed by atoms with van der Waals surface area (Å²) in [5.41, 5.74) is 0. The first-order valence-corrected chi connectivity index (χ1v) is 7.72. The van der Waals surface area contributed by atoms with E-state index in [9.17, 15) is 0 Å². The molecule has 4 atom stereocenters. The first-order valence-electron chi connectivity index (χ1n) is 6.57. The van der Waals surface area contributed by atoms with Gasteiger partial charge in [0.2, 0.25) is 0 Å². The van der Waals surface area contributed by atoms with E-state index in [-0.39, 0.29) is 0 Å². The number of hydrogen-bond acceptors (Lipinski definition) is 2. The third-order valence-corrected chi connectivity index (χ3v) is 5.36. The third kappa shape index (κ3) is 3.39. The van der Waals surface area contributed by atoms with Gasteiger partial charge >= 0.3 is 0 Å². The van der Waals surface area contributed by atoms with Gasteiger partial charge in [-0.15, -0.1) is 0 Å². The van der Waals surface area contributed by atoms with Crippen molar-refractivity contribution >= 4 is 11.8 Å². The molecule has 2 fully saturated rings. The maximum atomic E-state index is 3.82. The van der Waals surface area contributed by atoms with Gasteiger partial charge in [0.15, 0.2) is 0 Å². The molecule has 1 heterocycles. The number of hydrogen-bond donors (Lipinski definition) is 1. The van der Waals surface area contributed by atoms with Crippen LogP contribution in [-0.4, -0.2) is 24.1 Å². The first-order chi connectivity index (χ1) is 7.25. The zero-order chi connectivity index (χ0) is 10.7. The monoisotopic (exact) mass is 227 g/mol. The standard InChI is InChI=1S/C13H25NS/c1-10-3-4-13(11(2)7-10)14-8-12-5-6-15-9-12/h10-14H,3-9H2,1-2H3. The highest BCUT2D eigenvalue weighted by molar-refractivity contribution is 7.99. The van der Waals surface area contributed by atoms with Gasteiger partial charge in [0.05, 0.1) is 0 Å². The van der Waals surface area contributed by atoms with E-state index in [0.717, 1.165) is 23.8 Å². The zero-order valence-corrected chi connectivity index (χ0v) is 11.0. The average Bonchev–Trinajstić information content (AvgIpc) is 2.69. The van der Waals surface area contributed by atoms with Crippen LogP contribution in [0.15, 0.2) is 0 Å². The second-order valence-electron chi connectivity index (χ2n) is 5.64. The second-order valence-corrected chi connectivity index (χ2v) is 6.79. The zero-order valence-electron chi connectivity index (χ0n) is 10.2. The van der Waals surface area contributed by atoms with Gasteiger partial charge in [-0.25, -0.2) is 0 Å². The average molecular weight is 227 g/mol. The minimum Gasteiger partial charge on any atom is -0.313 e. The highest BCUT2D eigenvalue weighted by Gasteiger charge is 2.26. The maximum absolute atomic E-state index is 3.82. The molecule has 0 aromatic carbocycles. The highest BCUT2D eigenvalue weighted by Crippen LogP contribution is 2.29. The summed E-state index contributed by atoms with van der Waals surface area (Å²) >= 11 is 2.13. The van der Waals surface area contributed by atoms with Gasteiger partial charge in [-0.2, -0.15) is 11.8 Å². The van der Waals surface area contributed by atoms with Crippen LogP contribution in [0.4, 0.5) is 0 Å². The van der Waals surface area contributed by atoms with Crippen LogP contribution >= 0.6 is 11.8 Å². The van der Waals surface area contributed by atoms with Crippen molar-refractivity contribution in [2.75, 3.05) is 18.1 Å². The van der Waals surface area contributed by atoms with Gasteiger partial charge in [0.1, 0.15) is 0 Å². The van der Waals surface area contributed by atoms with Crippen molar-refractivity contribution in [1.29, 1.82) is 0 Å². The lowest BCUT2D eigenvalue weighted by molar-refractivity contribution is 0.223. The van der Waals surface area contributed by atoms with Crippen molar-refractivity contribution < 1.29 is 0 Å². The van der Waals surface area contributed by atoms with Crippen LogP contribution in [-0.2, 0) is 0 Å². The minimum absolute atomic E-state index is 0.812. The Bertz CT molecular complexity index is 189. The van der Waals surface area contributed by atoms with Gasteiger partial charge in [-0.3, -0.25) is 0 Å². The van der Waals surface area contributed by atoms with Crippen LogP contribution < -0.4 is 5.32 Å². The van der Waals surface area contributed by atoms with E-state index >= 15 is 0 Å². The van der Waals surface area contributed by atoms with Crippen molar-refractivity contribution in [3.8, 4) is 0 Å². The van der Waals surface area contributed by atoms with E-state index in [2.05, 4.69) is 30.9 Å². The van der Waals surface area contributed by atoms with Gasteiger partial charge in [0.25, 0.3) is 0 Å². The number of rotatable bonds is 3. The van der Waals surface area contributed by atoms with Crippen molar-refractivity contribution in [1.82, 2.24) is 5.32 Å². The normalized spacial score (nSPS) is 42.0. The third-order valence-electron chi connectivity index (χ3n) is 4.12. The molecule has 2 rings (SSSR count). The van der Waals surface area contributed by atoms with Gasteiger partial charge < -0.3 is 5.32 Å². The Morgan fingerprint density at radius 2 is 2.07 bits per heavy atom. The molecule has 2 aliphatic rings. The second kappa shape index (κ2) is 5.58. The van der Waals surface area contributed by atoms with Gasteiger partial charge in [-0.05, 0) is 61.5 Å². The Morgan fingerprint density at radius 1 is 1.20 bits per heavy atom. The van der Waals surface area contributed by atoms with Crippen molar-refractivity contribution in [2.24, 2.45) is 17.8 Å². The fraction of sp³-hybridized carbons (Fsp3) is 1.00. The molecule has 0 bridgehead atoms. The molecular formula is C13H25NS. The van der Waals surface area contributed by atoms with Crippen LogP contribution in [0.5, 0.6) is 0 Å². The van der Waals surface area contributed by atoms with Crippen molar-refractivity contribution in [2.45, 2.75) is 45.6 Å². The molecule has 1 saturated carbocycles. The molecule has 0 aromatic rings. The predicted molar refractivity (Wildman–Crippen MR) is 69.4 cm³/mol. The molecular weight excluding hydrogens is 202 g/mol. The van der Waals surface area contributed by atoms with E-state index in [0.29, 0.717) is 0 Å². The largest absolute Gasteiger partial charge is 0.313 e. The first kappa shape index (κ1) is 11.8. The Labute approximate surface area is 98.8 Å². The summed E-state index contributed by atoms with van der Waals surface area (Å²) in [6, 6.07) is 0.812. The Balaban J connectivity index is 1.69. The summed E-state index contributed by atoms with van der Waals surface area (Å²) in [7, 11) is 0. The predicted octanol–water partition coefficient (Wildman–Crippen LogP) is 3.15. The van der Waals surface area contributed by atoms with Crippen LogP contribution in [0.3, 0.4) is 0 Å². The van der Waals surface area contributed by atoms with E-state index in [1.807, 2.05) is 0 Å². The lowest BCUT2D eigenvalue weighted by Crippen LogP contribution is -2.41. The van der Waals surface area contributed by atoms with E-state index in [1.165, 1.54) is 43.7 Å². The molecule has 1 aliphatic heterocycles. The van der Waals surface area contributed by atoms with Crippen molar-refractivity contribution in [3.63, 3.8) is 0 Å². The topological polar surface area (TPSA) is 12.0 Å². The highest BCUT2D eigenvalue weighted by atomic mass is 32.2. The number of nitrogens with one attached hydrogen (secondary N) is 1. The SMILES string of the molecule is CC1CCC(NCC2CCSC2)C(C)C1. The lowest BCUT2D eigenvalue weighted by atomic mass is 9.80. The summed E-state index contributed by atoms with van der Waals surface area (Å²) in [6.45, 7) is 6.10. The molecule has 1 nitrogen and oxygen atoms in total. The fourth-order valence-corrected chi connectivity index (χ4v) is 4.32. The van der Waals surface area contributed by atoms with Crippen LogP contribution in [0, 0.1) is 17.8 Å². The molecule has 4 unspecified atom stereocenters. The molecule has 1 aliphatic carbocycles. The summed E-state index contributed by atoms with van der Waals surface area (Å²) in [5.74, 6) is 5.60. The smallest absolute Gasteiger partial charge is 0.00930 e. The van der Waals surface area contributed by atoms with Crippen LogP contribution in [0.2, 0.25) is 0 Å². The van der Waals surface area contributed by atoms with E-state index < -0.39 is 0 Å². The molecule has 1 N–H and O–H groups in total. The summed E-state index contributed by atoms with van der Waals surface area (Å²) in [6.07, 6.45) is 5.70. The summed E-state index contributed by atoms with van der Waals surface area (Å²) in [5, 5.41) is 3.82. The Morgan fingerprint density at radius 3 is 2.73 bits per heavy atom. The summed E-state index contributed by atoms with van der Waals surface area (Å²) < 4.78 is 0. The van der Waals surface area contributed by atoms with Crippen LogP contribution in [0.1, 0.15) is 39.5 Å². The molecule has 88 valence electrons. The molecule has 0 radical (unpaired) electrons. The maximum Gasteiger partial charge on any atom is 0.00930 e. The molecule has 0 aromatic heterocycles. The van der Waals surface area contributed by atoms with Gasteiger partial charge in [-0.1, -0.05) is 13.8 Å². The van der Waals surface area contributed by atoms with Crippen molar-refractivity contribution in [3.05, 3.63) is 0 Å². The molecule has 0 spiro atoms. The fourth-order valence-electron chi connectivity index (χ4n) is 3.03. The van der Waals surface area contributed by atoms with E-state index in [1.54, 1.807) is 0 Å². The Hall–Kier alpha value is 0.310. The van der Waals surface area contributed by atoms with E-state index in [4.69, 9.17) is 0 Å². The lowest BCUT2D eigenvalue weighted by Gasteiger charge is -2.34. The quantitative estimate of drug-likeness (QED) is 0.795. The molecule has 1 saturated heterocycles. The Kier molecular flexibility index (Phi) is 4.39. The number of thioether (sulfide) groups is 1. The summed E-state index contributed by atoms with van der Waals surface area (Å²) in [4.78, 5) is 0. The molecule has 2 heteroatoms. The van der Waals surface area contributed by atoms with Crippen LogP contribution in [0.25, 0.3) is 0 Å². The van der Waals surface area contributed by atoms with Gasteiger partial charge in [0, 0.05) is 6.04 Å². The molecule has 15 heavy (non-hydrogen) atoms. The minimum atomic E-state index is 0.812.